The van der Waals surface area contributed by atoms with Crippen LogP contribution in [0.1, 0.15) is 20.8 Å². The van der Waals surface area contributed by atoms with Crippen LogP contribution in [-0.4, -0.2) is 48.4 Å². The Morgan fingerprint density at radius 3 is 2.35 bits per heavy atom. The highest BCUT2D eigenvalue weighted by atomic mass is 32.1. The zero-order valence-corrected chi connectivity index (χ0v) is 20.0. The highest BCUT2D eigenvalue weighted by Crippen LogP contribution is 2.21. The maximum atomic E-state index is 13.6. The van der Waals surface area contributed by atoms with E-state index in [2.05, 4.69) is 0 Å². The predicted octanol–water partition coefficient (Wildman–Crippen LogP) is 5.22. The lowest BCUT2D eigenvalue weighted by atomic mass is 10.0. The number of hydrogen-bond donors (Lipinski definition) is 0. The van der Waals surface area contributed by atoms with E-state index in [4.69, 9.17) is 4.74 Å². The van der Waals surface area contributed by atoms with Crippen LogP contribution >= 0.6 is 11.3 Å². The smallest absolute Gasteiger partial charge is 0.255 e. The number of nitrogens with zero attached hydrogens (tertiary/aromatic N) is 2. The summed E-state index contributed by atoms with van der Waals surface area (Å²) in [5, 5.41) is 3.88. The Morgan fingerprint density at radius 2 is 1.59 bits per heavy atom. The summed E-state index contributed by atoms with van der Waals surface area (Å²) >= 11 is 1.62. The topological polar surface area (TPSA) is 49.9 Å². The first-order chi connectivity index (χ1) is 16.7. The number of amides is 2. The average molecular weight is 473 g/mol. The van der Waals surface area contributed by atoms with E-state index in [9.17, 15) is 9.59 Å². The van der Waals surface area contributed by atoms with Crippen LogP contribution in [0.4, 0.5) is 0 Å². The highest BCUT2D eigenvalue weighted by molar-refractivity contribution is 7.09. The molecule has 0 saturated carbocycles. The molecule has 1 aromatic heterocycles. The molecule has 5 nitrogen and oxygen atoms in total. The fourth-order valence-electron chi connectivity index (χ4n) is 3.93. The minimum Gasteiger partial charge on any atom is -0.383 e. The van der Waals surface area contributed by atoms with E-state index in [0.717, 1.165) is 21.2 Å². The van der Waals surface area contributed by atoms with E-state index in [1.165, 1.54) is 0 Å². The summed E-state index contributed by atoms with van der Waals surface area (Å²) in [5.74, 6) is -0.264. The normalized spacial score (nSPS) is 10.9. The first kappa shape index (κ1) is 23.7. The molecule has 4 rings (SSSR count). The molecular formula is C28H28N2O3S. The van der Waals surface area contributed by atoms with Gasteiger partial charge in [0.15, 0.2) is 0 Å². The second-order valence-electron chi connectivity index (χ2n) is 8.06. The van der Waals surface area contributed by atoms with Crippen LogP contribution < -0.4 is 0 Å². The monoisotopic (exact) mass is 472 g/mol. The Labute approximate surface area is 204 Å². The quantitative estimate of drug-likeness (QED) is 0.318. The number of carbonyl (C=O) groups is 2. The summed E-state index contributed by atoms with van der Waals surface area (Å²) in [5.41, 5.74) is 1.64. The van der Waals surface area contributed by atoms with Gasteiger partial charge in [0.25, 0.3) is 5.91 Å². The van der Waals surface area contributed by atoms with E-state index in [-0.39, 0.29) is 18.4 Å². The van der Waals surface area contributed by atoms with Gasteiger partial charge < -0.3 is 14.5 Å². The highest BCUT2D eigenvalue weighted by Gasteiger charge is 2.24. The lowest BCUT2D eigenvalue weighted by Gasteiger charge is -2.28. The van der Waals surface area contributed by atoms with Crippen LogP contribution in [0.5, 0.6) is 0 Å². The molecule has 34 heavy (non-hydrogen) atoms. The Bertz CT molecular complexity index is 1220. The van der Waals surface area contributed by atoms with Crippen LogP contribution in [0.3, 0.4) is 0 Å². The van der Waals surface area contributed by atoms with Gasteiger partial charge in [0.2, 0.25) is 5.91 Å². The zero-order valence-electron chi connectivity index (χ0n) is 19.2. The molecule has 0 fully saturated rings. The van der Waals surface area contributed by atoms with Gasteiger partial charge in [-0.3, -0.25) is 9.59 Å². The van der Waals surface area contributed by atoms with E-state index in [1.807, 2.05) is 95.2 Å². The molecule has 0 radical (unpaired) electrons. The Balaban J connectivity index is 1.58. The van der Waals surface area contributed by atoms with Gasteiger partial charge in [-0.2, -0.15) is 0 Å². The molecule has 0 aliphatic carbocycles. The lowest BCUT2D eigenvalue weighted by molar-refractivity contribution is -0.133. The number of methoxy groups -OCH3 is 1. The maximum Gasteiger partial charge on any atom is 0.255 e. The maximum absolute atomic E-state index is 13.6. The molecule has 1 heterocycles. The molecule has 0 atom stereocenters. The summed E-state index contributed by atoms with van der Waals surface area (Å²) in [6.45, 7) is 1.67. The number of carbonyl (C=O) groups excluding carboxylic acids is 2. The number of thiophene rings is 1. The molecule has 3 aromatic carbocycles. The van der Waals surface area contributed by atoms with Crippen molar-refractivity contribution >= 4 is 33.9 Å². The molecule has 6 heteroatoms. The van der Waals surface area contributed by atoms with Gasteiger partial charge in [0, 0.05) is 30.6 Å². The van der Waals surface area contributed by atoms with Crippen molar-refractivity contribution in [3.8, 4) is 0 Å². The third-order valence-corrected chi connectivity index (χ3v) is 6.56. The summed E-state index contributed by atoms with van der Waals surface area (Å²) in [4.78, 5) is 31.7. The molecule has 0 aliphatic heterocycles. The van der Waals surface area contributed by atoms with Crippen molar-refractivity contribution in [2.45, 2.75) is 13.1 Å². The van der Waals surface area contributed by atoms with Crippen molar-refractivity contribution in [1.82, 2.24) is 9.80 Å². The summed E-state index contributed by atoms with van der Waals surface area (Å²) < 4.78 is 5.25. The first-order valence-electron chi connectivity index (χ1n) is 11.3. The Hall–Kier alpha value is -3.48. The minimum atomic E-state index is -0.169. The molecule has 0 saturated heterocycles. The molecule has 0 spiro atoms. The SMILES string of the molecule is COCCN(CC(=O)N(Cc1ccccc1)Cc1cccs1)C(=O)c1cccc2ccccc12. The first-order valence-corrected chi connectivity index (χ1v) is 12.1. The van der Waals surface area contributed by atoms with Gasteiger partial charge in [-0.15, -0.1) is 11.3 Å². The van der Waals surface area contributed by atoms with Crippen molar-refractivity contribution in [3.05, 3.63) is 106 Å². The lowest BCUT2D eigenvalue weighted by Crippen LogP contribution is -2.43. The van der Waals surface area contributed by atoms with Crippen LogP contribution in [0, 0.1) is 0 Å². The number of rotatable bonds is 10. The molecule has 0 bridgehead atoms. The zero-order chi connectivity index (χ0) is 23.8. The summed E-state index contributed by atoms with van der Waals surface area (Å²) in [6.07, 6.45) is 0. The van der Waals surface area contributed by atoms with Crippen molar-refractivity contribution in [2.75, 3.05) is 26.8 Å². The number of ether oxygens (including phenoxy) is 1. The molecule has 0 aliphatic rings. The van der Waals surface area contributed by atoms with Crippen molar-refractivity contribution in [3.63, 3.8) is 0 Å². The standard InChI is InChI=1S/C28H28N2O3S/c1-33-17-16-29(28(32)26-15-7-12-23-11-5-6-14-25(23)26)21-27(31)30(20-24-13-8-18-34-24)19-22-9-3-2-4-10-22/h2-15,18H,16-17,19-21H2,1H3. The Kier molecular flexibility index (Phi) is 8.07. The van der Waals surface area contributed by atoms with Gasteiger partial charge in [0.1, 0.15) is 6.54 Å². The third kappa shape index (κ3) is 5.90. The molecule has 0 N–H and O–H groups in total. The van der Waals surface area contributed by atoms with E-state index in [0.29, 0.717) is 31.8 Å². The van der Waals surface area contributed by atoms with E-state index in [1.54, 1.807) is 23.3 Å². The largest absolute Gasteiger partial charge is 0.383 e. The molecule has 4 aromatic rings. The third-order valence-electron chi connectivity index (χ3n) is 5.69. The molecular weight excluding hydrogens is 444 g/mol. The number of benzene rings is 3. The van der Waals surface area contributed by atoms with Crippen LogP contribution in [0.15, 0.2) is 90.3 Å². The van der Waals surface area contributed by atoms with E-state index >= 15 is 0 Å². The van der Waals surface area contributed by atoms with Crippen molar-refractivity contribution < 1.29 is 14.3 Å². The van der Waals surface area contributed by atoms with Crippen molar-refractivity contribution in [2.24, 2.45) is 0 Å². The van der Waals surface area contributed by atoms with Gasteiger partial charge in [-0.05, 0) is 33.8 Å². The minimum absolute atomic E-state index is 0.0103. The number of hydrogen-bond acceptors (Lipinski definition) is 4. The second kappa shape index (κ2) is 11.6. The second-order valence-corrected chi connectivity index (χ2v) is 9.09. The van der Waals surface area contributed by atoms with E-state index < -0.39 is 0 Å². The van der Waals surface area contributed by atoms with Gasteiger partial charge in [-0.25, -0.2) is 0 Å². The van der Waals surface area contributed by atoms with Crippen LogP contribution in [0.25, 0.3) is 10.8 Å². The predicted molar refractivity (Wildman–Crippen MR) is 137 cm³/mol. The van der Waals surface area contributed by atoms with Gasteiger partial charge >= 0.3 is 0 Å². The molecule has 0 unspecified atom stereocenters. The molecule has 2 amide bonds. The van der Waals surface area contributed by atoms with Gasteiger partial charge in [-0.1, -0.05) is 72.8 Å². The van der Waals surface area contributed by atoms with Crippen LogP contribution in [-0.2, 0) is 22.6 Å². The summed E-state index contributed by atoms with van der Waals surface area (Å²) in [6, 6.07) is 27.4. The fraction of sp³-hybridized carbons (Fsp3) is 0.214. The average Bonchev–Trinajstić information content (AvgIpc) is 3.39. The van der Waals surface area contributed by atoms with Crippen molar-refractivity contribution in [1.29, 1.82) is 0 Å². The summed E-state index contributed by atoms with van der Waals surface area (Å²) in [7, 11) is 1.60. The number of fused-ring (bicyclic) bond motifs is 1. The molecule has 174 valence electrons. The Morgan fingerprint density at radius 1 is 0.824 bits per heavy atom. The van der Waals surface area contributed by atoms with Crippen LogP contribution in [0.2, 0.25) is 0 Å². The van der Waals surface area contributed by atoms with Gasteiger partial charge in [0.05, 0.1) is 13.2 Å². The fourth-order valence-corrected chi connectivity index (χ4v) is 4.65.